The first-order valence-corrected chi connectivity index (χ1v) is 7.92. The maximum Gasteiger partial charge on any atom is 0.354 e. The van der Waals surface area contributed by atoms with Crippen molar-refractivity contribution < 1.29 is 9.90 Å². The van der Waals surface area contributed by atoms with Crippen molar-refractivity contribution in [3.63, 3.8) is 0 Å². The third kappa shape index (κ3) is 3.81. The molecule has 2 aromatic rings. The number of carbonyl (C=O) groups is 1. The minimum atomic E-state index is -0.996. The monoisotopic (exact) mass is 331 g/mol. The minimum absolute atomic E-state index is 0.0843. The fourth-order valence-electron chi connectivity index (χ4n) is 2.72. The Balaban J connectivity index is 1.61. The zero-order valence-electron chi connectivity index (χ0n) is 12.7. The van der Waals surface area contributed by atoms with E-state index in [1.54, 1.807) is 6.07 Å². The number of nitrogens with zero attached hydrogens (tertiary/aromatic N) is 3. The smallest absolute Gasteiger partial charge is 0.354 e. The summed E-state index contributed by atoms with van der Waals surface area (Å²) in [5, 5.41) is 9.84. The second-order valence-corrected chi connectivity index (χ2v) is 5.95. The minimum Gasteiger partial charge on any atom is -0.477 e. The van der Waals surface area contributed by atoms with Gasteiger partial charge in [0.2, 0.25) is 0 Å². The largest absolute Gasteiger partial charge is 0.477 e. The number of rotatable bonds is 4. The zero-order valence-corrected chi connectivity index (χ0v) is 13.4. The zero-order chi connectivity index (χ0) is 16.2. The molecule has 2 heterocycles. The van der Waals surface area contributed by atoms with Crippen molar-refractivity contribution in [3.05, 3.63) is 58.7 Å². The van der Waals surface area contributed by atoms with Crippen LogP contribution in [0, 0.1) is 0 Å². The summed E-state index contributed by atoms with van der Waals surface area (Å²) in [7, 11) is 0. The number of carboxylic acids is 1. The fraction of sp³-hybridized carbons (Fsp3) is 0.294. The first kappa shape index (κ1) is 15.8. The van der Waals surface area contributed by atoms with Gasteiger partial charge in [-0.05, 0) is 23.8 Å². The first-order valence-electron chi connectivity index (χ1n) is 7.54. The van der Waals surface area contributed by atoms with Crippen molar-refractivity contribution in [1.82, 2.24) is 9.88 Å². The number of benzene rings is 1. The highest BCUT2D eigenvalue weighted by atomic mass is 35.5. The summed E-state index contributed by atoms with van der Waals surface area (Å²) >= 11 is 6.21. The molecule has 1 aliphatic rings. The van der Waals surface area contributed by atoms with Gasteiger partial charge >= 0.3 is 5.97 Å². The summed E-state index contributed by atoms with van der Waals surface area (Å²) in [6.45, 7) is 4.26. The number of aromatic nitrogens is 1. The van der Waals surface area contributed by atoms with Crippen molar-refractivity contribution in [3.8, 4) is 0 Å². The average Bonchev–Trinajstić information content (AvgIpc) is 2.58. The van der Waals surface area contributed by atoms with Gasteiger partial charge in [-0.1, -0.05) is 35.9 Å². The number of carboxylic acid groups (broad SMARTS) is 1. The number of hydrogen-bond donors (Lipinski definition) is 1. The molecule has 3 rings (SSSR count). The Bertz CT molecular complexity index is 700. The second-order valence-electron chi connectivity index (χ2n) is 5.54. The van der Waals surface area contributed by atoms with Gasteiger partial charge < -0.3 is 10.0 Å². The van der Waals surface area contributed by atoms with Crippen LogP contribution >= 0.6 is 11.6 Å². The number of anilines is 1. The lowest BCUT2D eigenvalue weighted by atomic mass is 10.2. The van der Waals surface area contributed by atoms with Crippen LogP contribution in [0.3, 0.4) is 0 Å². The molecule has 0 bridgehead atoms. The van der Waals surface area contributed by atoms with Crippen LogP contribution in [0.1, 0.15) is 16.1 Å². The lowest BCUT2D eigenvalue weighted by Gasteiger charge is -2.35. The summed E-state index contributed by atoms with van der Waals surface area (Å²) in [4.78, 5) is 19.7. The summed E-state index contributed by atoms with van der Waals surface area (Å²) in [6.07, 6.45) is 0. The van der Waals surface area contributed by atoms with Gasteiger partial charge in [-0.3, -0.25) is 4.90 Å². The van der Waals surface area contributed by atoms with E-state index < -0.39 is 5.97 Å². The van der Waals surface area contributed by atoms with Gasteiger partial charge in [-0.15, -0.1) is 0 Å². The normalized spacial score (nSPS) is 15.6. The highest BCUT2D eigenvalue weighted by molar-refractivity contribution is 6.31. The maximum atomic E-state index is 11.0. The summed E-state index contributed by atoms with van der Waals surface area (Å²) in [5.74, 6) is -0.272. The third-order valence-corrected chi connectivity index (χ3v) is 4.37. The molecule has 1 aromatic carbocycles. The predicted octanol–water partition coefficient (Wildman–Crippen LogP) is 2.76. The van der Waals surface area contributed by atoms with Gasteiger partial charge in [0.15, 0.2) is 5.69 Å². The molecule has 1 saturated heterocycles. The van der Waals surface area contributed by atoms with E-state index in [1.165, 1.54) is 6.07 Å². The van der Waals surface area contributed by atoms with Crippen molar-refractivity contribution in [2.24, 2.45) is 0 Å². The molecule has 6 heteroatoms. The molecule has 1 fully saturated rings. The van der Waals surface area contributed by atoms with Gasteiger partial charge in [0.25, 0.3) is 0 Å². The molecule has 0 amide bonds. The fourth-order valence-corrected chi connectivity index (χ4v) is 2.92. The number of halogens is 1. The Morgan fingerprint density at radius 2 is 1.83 bits per heavy atom. The molecule has 1 aliphatic heterocycles. The van der Waals surface area contributed by atoms with E-state index in [-0.39, 0.29) is 5.69 Å². The summed E-state index contributed by atoms with van der Waals surface area (Å²) in [6, 6.07) is 13.0. The van der Waals surface area contributed by atoms with Crippen LogP contribution in [0.15, 0.2) is 42.5 Å². The molecule has 5 nitrogen and oxygen atoms in total. The van der Waals surface area contributed by atoms with Crippen molar-refractivity contribution in [2.75, 3.05) is 31.1 Å². The number of pyridine rings is 1. The molecule has 1 N–H and O–H groups in total. The predicted molar refractivity (Wildman–Crippen MR) is 90.1 cm³/mol. The Hall–Kier alpha value is -2.11. The quantitative estimate of drug-likeness (QED) is 0.933. The molecule has 0 saturated carbocycles. The Morgan fingerprint density at radius 3 is 2.52 bits per heavy atom. The van der Waals surface area contributed by atoms with E-state index in [1.807, 2.05) is 30.3 Å². The van der Waals surface area contributed by atoms with Crippen LogP contribution in [0.4, 0.5) is 5.82 Å². The number of hydrogen-bond acceptors (Lipinski definition) is 4. The summed E-state index contributed by atoms with van der Waals surface area (Å²) in [5.41, 5.74) is 1.22. The van der Waals surface area contributed by atoms with Crippen LogP contribution in [0.2, 0.25) is 5.02 Å². The topological polar surface area (TPSA) is 56.7 Å². The molecular weight excluding hydrogens is 314 g/mol. The second kappa shape index (κ2) is 6.98. The molecule has 120 valence electrons. The molecule has 0 spiro atoms. The third-order valence-electron chi connectivity index (χ3n) is 4.00. The van der Waals surface area contributed by atoms with Crippen LogP contribution < -0.4 is 4.90 Å². The molecule has 1 aromatic heterocycles. The van der Waals surface area contributed by atoms with Crippen LogP contribution in [-0.2, 0) is 6.54 Å². The molecule has 23 heavy (non-hydrogen) atoms. The van der Waals surface area contributed by atoms with E-state index in [0.29, 0.717) is 0 Å². The van der Waals surface area contributed by atoms with Crippen LogP contribution in [0.5, 0.6) is 0 Å². The molecule has 0 unspecified atom stereocenters. The Kier molecular flexibility index (Phi) is 4.79. The van der Waals surface area contributed by atoms with Crippen LogP contribution in [0.25, 0.3) is 0 Å². The van der Waals surface area contributed by atoms with Crippen molar-refractivity contribution in [2.45, 2.75) is 6.54 Å². The van der Waals surface area contributed by atoms with Gasteiger partial charge in [-0.25, -0.2) is 9.78 Å². The summed E-state index contributed by atoms with van der Waals surface area (Å²) < 4.78 is 0. The highest BCUT2D eigenvalue weighted by Crippen LogP contribution is 2.19. The van der Waals surface area contributed by atoms with Gasteiger partial charge in [0.1, 0.15) is 5.82 Å². The van der Waals surface area contributed by atoms with E-state index in [9.17, 15) is 4.79 Å². The van der Waals surface area contributed by atoms with Gasteiger partial charge in [0.05, 0.1) is 0 Å². The molecule has 0 aliphatic carbocycles. The van der Waals surface area contributed by atoms with E-state index >= 15 is 0 Å². The van der Waals surface area contributed by atoms with E-state index in [4.69, 9.17) is 16.7 Å². The van der Waals surface area contributed by atoms with Crippen molar-refractivity contribution >= 4 is 23.4 Å². The SMILES string of the molecule is O=C(O)c1cccc(N2CCN(Cc3ccccc3Cl)CC2)n1. The van der Waals surface area contributed by atoms with Gasteiger partial charge in [-0.2, -0.15) is 0 Å². The number of aromatic carboxylic acids is 1. The van der Waals surface area contributed by atoms with Crippen LogP contribution in [-0.4, -0.2) is 47.1 Å². The first-order chi connectivity index (χ1) is 11.1. The van der Waals surface area contributed by atoms with Gasteiger partial charge in [0, 0.05) is 37.7 Å². The lowest BCUT2D eigenvalue weighted by Crippen LogP contribution is -2.46. The van der Waals surface area contributed by atoms with Crippen molar-refractivity contribution in [1.29, 1.82) is 0 Å². The standard InChI is InChI=1S/C17H18ClN3O2/c18-14-5-2-1-4-13(14)12-20-8-10-21(11-9-20)16-7-3-6-15(19-16)17(22)23/h1-7H,8-12H2,(H,22,23). The Labute approximate surface area is 140 Å². The number of piperazine rings is 1. The Morgan fingerprint density at radius 1 is 1.09 bits per heavy atom. The van der Waals surface area contributed by atoms with E-state index in [2.05, 4.69) is 14.8 Å². The molecular formula is C17H18ClN3O2. The van der Waals surface area contributed by atoms with E-state index in [0.717, 1.165) is 49.1 Å². The maximum absolute atomic E-state index is 11.0. The highest BCUT2D eigenvalue weighted by Gasteiger charge is 2.19. The average molecular weight is 332 g/mol. The molecule has 0 atom stereocenters. The lowest BCUT2D eigenvalue weighted by molar-refractivity contribution is 0.0690. The molecule has 0 radical (unpaired) electrons.